The van der Waals surface area contributed by atoms with Gasteiger partial charge in [0.1, 0.15) is 0 Å². The Morgan fingerprint density at radius 1 is 1.38 bits per heavy atom. The highest BCUT2D eigenvalue weighted by atomic mass is 32.2. The molecule has 1 aliphatic carbocycles. The van der Waals surface area contributed by atoms with Gasteiger partial charge in [-0.1, -0.05) is 32.4 Å². The Hall–Kier alpha value is -0.870. The van der Waals surface area contributed by atoms with E-state index in [1.807, 2.05) is 0 Å². The van der Waals surface area contributed by atoms with Crippen LogP contribution in [0, 0.1) is 5.92 Å². The monoisotopic (exact) mass is 240 g/mol. The number of rotatable bonds is 3. The molecule has 0 saturated heterocycles. The first-order valence-corrected chi connectivity index (χ1v) is 6.90. The topological polar surface area (TPSA) is 54.4 Å². The molecule has 0 aliphatic heterocycles. The minimum absolute atomic E-state index is 0.0338. The molecule has 1 unspecified atom stereocenters. The second-order valence-corrected chi connectivity index (χ2v) is 6.15. The van der Waals surface area contributed by atoms with Gasteiger partial charge in [-0.3, -0.25) is 4.55 Å². The Balaban J connectivity index is 2.28. The van der Waals surface area contributed by atoms with Crippen LogP contribution in [0.2, 0.25) is 0 Å². The molecule has 1 fully saturated rings. The molecule has 1 aliphatic rings. The molecule has 88 valence electrons. The van der Waals surface area contributed by atoms with Gasteiger partial charge in [-0.2, -0.15) is 8.42 Å². The second kappa shape index (κ2) is 3.57. The van der Waals surface area contributed by atoms with E-state index in [1.165, 1.54) is 12.1 Å². The van der Waals surface area contributed by atoms with Crippen LogP contribution in [-0.2, 0) is 15.5 Å². The summed E-state index contributed by atoms with van der Waals surface area (Å²) in [6.45, 7) is 4.37. The Morgan fingerprint density at radius 2 is 1.94 bits per heavy atom. The van der Waals surface area contributed by atoms with E-state index in [0.717, 1.165) is 18.4 Å². The van der Waals surface area contributed by atoms with Crippen LogP contribution < -0.4 is 0 Å². The average Bonchev–Trinajstić information content (AvgIpc) is 2.90. The third-order valence-corrected chi connectivity index (χ3v) is 4.58. The Morgan fingerprint density at radius 3 is 2.31 bits per heavy atom. The van der Waals surface area contributed by atoms with Crippen molar-refractivity contribution in [1.29, 1.82) is 0 Å². The van der Waals surface area contributed by atoms with Crippen molar-refractivity contribution in [3.8, 4) is 0 Å². The zero-order chi connectivity index (χ0) is 12.0. The van der Waals surface area contributed by atoms with E-state index >= 15 is 0 Å². The van der Waals surface area contributed by atoms with Crippen molar-refractivity contribution in [2.24, 2.45) is 5.92 Å². The molecule has 0 aromatic heterocycles. The van der Waals surface area contributed by atoms with Crippen LogP contribution in [0.3, 0.4) is 0 Å². The highest BCUT2D eigenvalue weighted by Crippen LogP contribution is 2.55. The second-order valence-electron chi connectivity index (χ2n) is 4.73. The summed E-state index contributed by atoms with van der Waals surface area (Å²) in [5, 5.41) is 0. The normalized spacial score (nSPS) is 29.1. The molecule has 2 atom stereocenters. The van der Waals surface area contributed by atoms with Gasteiger partial charge in [0.2, 0.25) is 0 Å². The van der Waals surface area contributed by atoms with Crippen molar-refractivity contribution in [1.82, 2.24) is 0 Å². The number of benzene rings is 1. The SMILES string of the molecule is CC[C@H]1CC1(C)c1ccc(S(=O)(=O)O)cc1. The maximum Gasteiger partial charge on any atom is 0.294 e. The zero-order valence-electron chi connectivity index (χ0n) is 9.47. The molecule has 1 aromatic carbocycles. The maximum atomic E-state index is 10.9. The molecular formula is C12H16O3S. The fourth-order valence-electron chi connectivity index (χ4n) is 2.41. The number of hydrogen-bond donors (Lipinski definition) is 1. The predicted molar refractivity (Wildman–Crippen MR) is 62.0 cm³/mol. The smallest absolute Gasteiger partial charge is 0.282 e. The molecule has 1 N–H and O–H groups in total. The third-order valence-electron chi connectivity index (χ3n) is 3.72. The first-order valence-electron chi connectivity index (χ1n) is 5.46. The van der Waals surface area contributed by atoms with E-state index in [9.17, 15) is 8.42 Å². The first kappa shape index (κ1) is 11.6. The first-order chi connectivity index (χ1) is 7.38. The van der Waals surface area contributed by atoms with Crippen LogP contribution >= 0.6 is 0 Å². The molecule has 3 nitrogen and oxygen atoms in total. The van der Waals surface area contributed by atoms with Gasteiger partial charge in [0.05, 0.1) is 4.90 Å². The van der Waals surface area contributed by atoms with Gasteiger partial charge in [-0.05, 0) is 35.4 Å². The molecule has 4 heteroatoms. The molecule has 2 rings (SSSR count). The highest BCUT2D eigenvalue weighted by Gasteiger charge is 2.49. The van der Waals surface area contributed by atoms with E-state index < -0.39 is 10.1 Å². The van der Waals surface area contributed by atoms with E-state index in [4.69, 9.17) is 4.55 Å². The van der Waals surface area contributed by atoms with E-state index in [-0.39, 0.29) is 10.3 Å². The standard InChI is InChI=1S/C12H16O3S/c1-3-9-8-12(9,2)10-4-6-11(7-5-10)16(13,14)15/h4-7,9H,3,8H2,1-2H3,(H,13,14,15)/t9-,12?/m0/s1. The lowest BCUT2D eigenvalue weighted by Gasteiger charge is -2.11. The Kier molecular flexibility index (Phi) is 2.59. The fourth-order valence-corrected chi connectivity index (χ4v) is 2.89. The largest absolute Gasteiger partial charge is 0.294 e. The Labute approximate surface area is 96.2 Å². The average molecular weight is 240 g/mol. The van der Waals surface area contributed by atoms with Crippen LogP contribution in [0.5, 0.6) is 0 Å². The molecule has 0 heterocycles. The van der Waals surface area contributed by atoms with E-state index in [2.05, 4.69) is 13.8 Å². The van der Waals surface area contributed by atoms with Gasteiger partial charge in [-0.25, -0.2) is 0 Å². The Bertz CT molecular complexity index is 490. The van der Waals surface area contributed by atoms with Gasteiger partial charge < -0.3 is 0 Å². The summed E-state index contributed by atoms with van der Waals surface area (Å²) < 4.78 is 30.6. The van der Waals surface area contributed by atoms with Crippen LogP contribution in [0.1, 0.15) is 32.3 Å². The summed E-state index contributed by atoms with van der Waals surface area (Å²) in [5.41, 5.74) is 1.36. The van der Waals surface area contributed by atoms with Gasteiger partial charge in [-0.15, -0.1) is 0 Å². The summed E-state index contributed by atoms with van der Waals surface area (Å²) in [7, 11) is -4.06. The fraction of sp³-hybridized carbons (Fsp3) is 0.500. The van der Waals surface area contributed by atoms with Gasteiger partial charge in [0, 0.05) is 0 Å². The molecule has 1 saturated carbocycles. The summed E-state index contributed by atoms with van der Waals surface area (Å²) in [6, 6.07) is 6.56. The van der Waals surface area contributed by atoms with Crippen molar-refractivity contribution < 1.29 is 13.0 Å². The van der Waals surface area contributed by atoms with Crippen LogP contribution in [-0.4, -0.2) is 13.0 Å². The highest BCUT2D eigenvalue weighted by molar-refractivity contribution is 7.85. The van der Waals surface area contributed by atoms with E-state index in [0.29, 0.717) is 5.92 Å². The van der Waals surface area contributed by atoms with Crippen LogP contribution in [0.15, 0.2) is 29.2 Å². The molecule has 0 amide bonds. The predicted octanol–water partition coefficient (Wildman–Crippen LogP) is 2.62. The number of hydrogen-bond acceptors (Lipinski definition) is 2. The minimum atomic E-state index is -4.06. The van der Waals surface area contributed by atoms with Gasteiger partial charge in [0.15, 0.2) is 0 Å². The van der Waals surface area contributed by atoms with Crippen molar-refractivity contribution in [3.63, 3.8) is 0 Å². The van der Waals surface area contributed by atoms with Crippen molar-refractivity contribution in [3.05, 3.63) is 29.8 Å². The van der Waals surface area contributed by atoms with E-state index in [1.54, 1.807) is 12.1 Å². The van der Waals surface area contributed by atoms with Crippen molar-refractivity contribution >= 4 is 10.1 Å². The van der Waals surface area contributed by atoms with Crippen molar-refractivity contribution in [2.45, 2.75) is 37.0 Å². The lowest BCUT2D eigenvalue weighted by atomic mass is 9.95. The summed E-state index contributed by atoms with van der Waals surface area (Å²) in [5.74, 6) is 0.698. The minimum Gasteiger partial charge on any atom is -0.282 e. The molecular weight excluding hydrogens is 224 g/mol. The zero-order valence-corrected chi connectivity index (χ0v) is 10.3. The van der Waals surface area contributed by atoms with Gasteiger partial charge in [0.25, 0.3) is 10.1 Å². The summed E-state index contributed by atoms with van der Waals surface area (Å²) >= 11 is 0. The third kappa shape index (κ3) is 1.87. The molecule has 0 bridgehead atoms. The summed E-state index contributed by atoms with van der Waals surface area (Å²) in [4.78, 5) is -0.0338. The lowest BCUT2D eigenvalue weighted by Crippen LogP contribution is -2.05. The van der Waals surface area contributed by atoms with Crippen molar-refractivity contribution in [2.75, 3.05) is 0 Å². The maximum absolute atomic E-state index is 10.9. The molecule has 1 aromatic rings. The van der Waals surface area contributed by atoms with Crippen LogP contribution in [0.25, 0.3) is 0 Å². The molecule has 0 radical (unpaired) electrons. The van der Waals surface area contributed by atoms with Gasteiger partial charge >= 0.3 is 0 Å². The molecule has 0 spiro atoms. The quantitative estimate of drug-likeness (QED) is 0.826. The lowest BCUT2D eigenvalue weighted by molar-refractivity contribution is 0.483. The van der Waals surface area contributed by atoms with Crippen LogP contribution in [0.4, 0.5) is 0 Å². The summed E-state index contributed by atoms with van der Waals surface area (Å²) in [6.07, 6.45) is 2.31. The molecule has 16 heavy (non-hydrogen) atoms.